The van der Waals surface area contributed by atoms with Crippen molar-refractivity contribution in [1.29, 1.82) is 0 Å². The number of fused-ring (bicyclic) bond motifs is 1. The molecule has 1 heterocycles. The molecular weight excluding hydrogens is 308 g/mol. The number of ether oxygens (including phenoxy) is 2. The molecule has 1 aromatic carbocycles. The summed E-state index contributed by atoms with van der Waals surface area (Å²) in [4.78, 5) is 20.5. The highest BCUT2D eigenvalue weighted by atomic mass is 79.9. The van der Waals surface area contributed by atoms with Gasteiger partial charge in [-0.05, 0) is 15.9 Å². The topological polar surface area (TPSA) is 78.7 Å². The lowest BCUT2D eigenvalue weighted by atomic mass is 10.2. The third-order valence-corrected chi connectivity index (χ3v) is 2.75. The van der Waals surface area contributed by atoms with Crippen molar-refractivity contribution in [1.82, 2.24) is 0 Å². The fourth-order valence-electron chi connectivity index (χ4n) is 1.31. The van der Waals surface area contributed by atoms with E-state index in [1.165, 1.54) is 0 Å². The molecule has 0 unspecified atom stereocenters. The molecule has 0 aromatic heterocycles. The van der Waals surface area contributed by atoms with Crippen LogP contribution in [0.5, 0.6) is 11.5 Å². The average molecular weight is 310 g/mol. The van der Waals surface area contributed by atoms with Crippen LogP contribution >= 0.6 is 15.9 Å². The van der Waals surface area contributed by atoms with Gasteiger partial charge < -0.3 is 9.47 Å². The van der Waals surface area contributed by atoms with Crippen molar-refractivity contribution in [3.8, 4) is 11.5 Å². The van der Waals surface area contributed by atoms with Gasteiger partial charge in [0.15, 0.2) is 17.8 Å². The highest BCUT2D eigenvalue weighted by Crippen LogP contribution is 2.49. The van der Waals surface area contributed by atoms with E-state index in [4.69, 9.17) is 0 Å². The number of nitrogens with zero attached hydrogens (tertiary/aromatic N) is 1. The maximum atomic E-state index is 12.8. The summed E-state index contributed by atoms with van der Waals surface area (Å²) in [6.07, 6.45) is -3.73. The van der Waals surface area contributed by atoms with E-state index in [2.05, 4.69) is 25.4 Å². The van der Waals surface area contributed by atoms with E-state index >= 15 is 0 Å². The van der Waals surface area contributed by atoms with Crippen molar-refractivity contribution in [2.45, 2.75) is 6.29 Å². The Morgan fingerprint density at radius 3 is 2.65 bits per heavy atom. The van der Waals surface area contributed by atoms with Gasteiger partial charge in [-0.15, -0.1) is 8.78 Å². The molecule has 90 valence electrons. The molecule has 0 saturated heterocycles. The molecule has 0 amide bonds. The molecule has 9 heteroatoms. The third-order valence-electron chi connectivity index (χ3n) is 1.97. The molecule has 0 atom stereocenters. The molecular formula is C8H2BrF2NO5. The SMILES string of the molecule is O=Cc1c([N+](=O)[O-])cc2c(c1Br)OC(F)(F)O2. The molecule has 0 fully saturated rings. The third kappa shape index (κ3) is 1.82. The van der Waals surface area contributed by atoms with Crippen LogP contribution in [-0.4, -0.2) is 17.5 Å². The van der Waals surface area contributed by atoms with Gasteiger partial charge in [-0.2, -0.15) is 0 Å². The van der Waals surface area contributed by atoms with Crippen LogP contribution in [0, 0.1) is 10.1 Å². The minimum atomic E-state index is -3.90. The van der Waals surface area contributed by atoms with Crippen LogP contribution < -0.4 is 9.47 Å². The number of carbonyl (C=O) groups excluding carboxylic acids is 1. The summed E-state index contributed by atoms with van der Waals surface area (Å²) in [5.74, 6) is -0.943. The summed E-state index contributed by atoms with van der Waals surface area (Å²) in [5, 5.41) is 10.6. The minimum absolute atomic E-state index is 0.169. The van der Waals surface area contributed by atoms with E-state index in [0.29, 0.717) is 6.07 Å². The zero-order chi connectivity index (χ0) is 12.8. The lowest BCUT2D eigenvalue weighted by Gasteiger charge is -2.04. The molecule has 0 bridgehead atoms. The second kappa shape index (κ2) is 3.62. The van der Waals surface area contributed by atoms with Gasteiger partial charge in [0, 0.05) is 0 Å². The van der Waals surface area contributed by atoms with E-state index < -0.39 is 34.0 Å². The molecule has 1 aliphatic heterocycles. The Morgan fingerprint density at radius 2 is 2.12 bits per heavy atom. The van der Waals surface area contributed by atoms with E-state index in [-0.39, 0.29) is 10.8 Å². The second-order valence-electron chi connectivity index (χ2n) is 2.99. The number of nitro groups is 1. The highest BCUT2D eigenvalue weighted by Gasteiger charge is 2.46. The summed E-state index contributed by atoms with van der Waals surface area (Å²) in [5.41, 5.74) is -1.04. The predicted molar refractivity (Wildman–Crippen MR) is 52.4 cm³/mol. The van der Waals surface area contributed by atoms with Crippen molar-refractivity contribution in [3.05, 3.63) is 26.2 Å². The van der Waals surface area contributed by atoms with Crippen LogP contribution in [0.3, 0.4) is 0 Å². The number of aldehydes is 1. The zero-order valence-corrected chi connectivity index (χ0v) is 9.36. The van der Waals surface area contributed by atoms with Crippen molar-refractivity contribution in [2.75, 3.05) is 0 Å². The summed E-state index contributed by atoms with van der Waals surface area (Å²) >= 11 is 2.79. The van der Waals surface area contributed by atoms with Crippen LogP contribution in [-0.2, 0) is 0 Å². The first-order chi connectivity index (χ1) is 7.85. The minimum Gasteiger partial charge on any atom is -0.395 e. The second-order valence-corrected chi connectivity index (χ2v) is 3.79. The normalized spacial score (nSPS) is 15.7. The average Bonchev–Trinajstić information content (AvgIpc) is 2.53. The summed E-state index contributed by atoms with van der Waals surface area (Å²) in [6.45, 7) is 0. The quantitative estimate of drug-likeness (QED) is 0.476. The number of benzene rings is 1. The fraction of sp³-hybridized carbons (Fsp3) is 0.125. The molecule has 1 aromatic rings. The van der Waals surface area contributed by atoms with E-state index in [0.717, 1.165) is 0 Å². The lowest BCUT2D eigenvalue weighted by Crippen LogP contribution is -2.26. The fourth-order valence-corrected chi connectivity index (χ4v) is 1.89. The van der Waals surface area contributed by atoms with Gasteiger partial charge >= 0.3 is 6.29 Å². The lowest BCUT2D eigenvalue weighted by molar-refractivity contribution is -0.385. The smallest absolute Gasteiger partial charge is 0.395 e. The molecule has 1 aliphatic rings. The number of halogens is 3. The molecule has 0 aliphatic carbocycles. The maximum absolute atomic E-state index is 12.8. The van der Waals surface area contributed by atoms with Crippen molar-refractivity contribution >= 4 is 27.9 Å². The Bertz CT molecular complexity index is 533. The van der Waals surface area contributed by atoms with Gasteiger partial charge in [-0.1, -0.05) is 0 Å². The number of hydrogen-bond donors (Lipinski definition) is 0. The van der Waals surface area contributed by atoms with Gasteiger partial charge in [-0.3, -0.25) is 14.9 Å². The summed E-state index contributed by atoms with van der Waals surface area (Å²) in [7, 11) is 0. The van der Waals surface area contributed by atoms with Gasteiger partial charge in [0.05, 0.1) is 15.5 Å². The molecule has 0 N–H and O–H groups in total. The molecule has 6 nitrogen and oxygen atoms in total. The molecule has 17 heavy (non-hydrogen) atoms. The Labute approximate surface area is 100 Å². The van der Waals surface area contributed by atoms with Crippen molar-refractivity contribution in [3.63, 3.8) is 0 Å². The highest BCUT2D eigenvalue weighted by molar-refractivity contribution is 9.10. The monoisotopic (exact) mass is 309 g/mol. The van der Waals surface area contributed by atoms with Gasteiger partial charge in [-0.25, -0.2) is 0 Å². The summed E-state index contributed by atoms with van der Waals surface area (Å²) in [6, 6.07) is 0.713. The number of rotatable bonds is 2. The number of hydrogen-bond acceptors (Lipinski definition) is 5. The number of carbonyl (C=O) groups is 1. The van der Waals surface area contributed by atoms with E-state index in [1.807, 2.05) is 0 Å². The van der Waals surface area contributed by atoms with Crippen molar-refractivity contribution < 1.29 is 28.0 Å². The Hall–Kier alpha value is -1.77. The van der Waals surface area contributed by atoms with Crippen LogP contribution in [0.15, 0.2) is 10.5 Å². The van der Waals surface area contributed by atoms with Gasteiger partial charge in [0.25, 0.3) is 5.69 Å². The first kappa shape index (κ1) is 11.7. The zero-order valence-electron chi connectivity index (χ0n) is 7.78. The van der Waals surface area contributed by atoms with Crippen LogP contribution in [0.1, 0.15) is 10.4 Å². The Kier molecular flexibility index (Phi) is 2.49. The van der Waals surface area contributed by atoms with Crippen LogP contribution in [0.25, 0.3) is 0 Å². The van der Waals surface area contributed by atoms with E-state index in [1.54, 1.807) is 0 Å². The molecule has 0 spiro atoms. The number of alkyl halides is 2. The van der Waals surface area contributed by atoms with E-state index in [9.17, 15) is 23.7 Å². The predicted octanol–water partition coefficient (Wildman–Crippen LogP) is 2.49. The Balaban J connectivity index is 2.67. The van der Waals surface area contributed by atoms with Crippen LogP contribution in [0.4, 0.5) is 14.5 Å². The Morgan fingerprint density at radius 1 is 1.47 bits per heavy atom. The molecule has 2 rings (SSSR count). The van der Waals surface area contributed by atoms with Gasteiger partial charge in [0.1, 0.15) is 5.56 Å². The molecule has 0 saturated carbocycles. The van der Waals surface area contributed by atoms with Crippen LogP contribution in [0.2, 0.25) is 0 Å². The largest absolute Gasteiger partial charge is 0.586 e. The van der Waals surface area contributed by atoms with Gasteiger partial charge in [0.2, 0.25) is 0 Å². The van der Waals surface area contributed by atoms with Crippen molar-refractivity contribution in [2.24, 2.45) is 0 Å². The molecule has 0 radical (unpaired) electrons. The maximum Gasteiger partial charge on any atom is 0.586 e. The summed E-state index contributed by atoms with van der Waals surface area (Å²) < 4.78 is 33.5. The standard InChI is InChI=1S/C8H2BrF2NO5/c9-6-3(2-13)4(12(14)15)1-5-7(6)17-8(10,11)16-5/h1-2H. The first-order valence-electron chi connectivity index (χ1n) is 4.07. The first-order valence-corrected chi connectivity index (χ1v) is 4.87. The number of nitro benzene ring substituents is 1.